The number of thioether (sulfide) groups is 1. The summed E-state index contributed by atoms with van der Waals surface area (Å²) in [5.74, 6) is 3.08. The number of anilines is 1. The summed E-state index contributed by atoms with van der Waals surface area (Å²) in [6.45, 7) is 4.34. The molecule has 2 atom stereocenters. The van der Waals surface area contributed by atoms with Gasteiger partial charge in [0.2, 0.25) is 0 Å². The Kier molecular flexibility index (Phi) is 7.10. The highest BCUT2D eigenvalue weighted by Gasteiger charge is 2.19. The summed E-state index contributed by atoms with van der Waals surface area (Å²) in [6, 6.07) is 0. The molecule has 134 valence electrons. The molecule has 1 fully saturated rings. The van der Waals surface area contributed by atoms with E-state index in [-0.39, 0.29) is 11.2 Å². The van der Waals surface area contributed by atoms with Crippen molar-refractivity contribution in [3.8, 4) is 0 Å². The number of nitrogens with one attached hydrogen (secondary N) is 1. The van der Waals surface area contributed by atoms with Crippen molar-refractivity contribution in [3.63, 3.8) is 0 Å². The molecule has 0 aliphatic heterocycles. The van der Waals surface area contributed by atoms with Crippen LogP contribution in [-0.2, 0) is 7.05 Å². The summed E-state index contributed by atoms with van der Waals surface area (Å²) in [5.41, 5.74) is 5.67. The molecule has 0 radical (unpaired) electrons. The summed E-state index contributed by atoms with van der Waals surface area (Å²) < 4.78 is 1.65. The highest BCUT2D eigenvalue weighted by molar-refractivity contribution is 8.13. The van der Waals surface area contributed by atoms with Crippen LogP contribution in [0.25, 0.3) is 0 Å². The topological polar surface area (TPSA) is 76.2 Å². The van der Waals surface area contributed by atoms with E-state index in [0.29, 0.717) is 10.6 Å². The van der Waals surface area contributed by atoms with E-state index in [1.807, 2.05) is 6.92 Å². The van der Waals surface area contributed by atoms with Crippen LogP contribution in [0.15, 0.2) is 9.79 Å². The van der Waals surface area contributed by atoms with Gasteiger partial charge in [-0.25, -0.2) is 4.99 Å². The zero-order valence-electron chi connectivity index (χ0n) is 14.8. The van der Waals surface area contributed by atoms with E-state index >= 15 is 0 Å². The van der Waals surface area contributed by atoms with Crippen LogP contribution in [-0.4, -0.2) is 20.3 Å². The van der Waals surface area contributed by atoms with Crippen molar-refractivity contribution in [2.24, 2.45) is 23.9 Å². The molecule has 2 rings (SSSR count). The van der Waals surface area contributed by atoms with Crippen molar-refractivity contribution >= 4 is 40.5 Å². The van der Waals surface area contributed by atoms with Gasteiger partial charge >= 0.3 is 0 Å². The Morgan fingerprint density at radius 3 is 2.88 bits per heavy atom. The van der Waals surface area contributed by atoms with Crippen molar-refractivity contribution < 1.29 is 0 Å². The molecule has 1 aromatic heterocycles. The number of nitrogens with two attached hydrogens (primary N) is 1. The van der Waals surface area contributed by atoms with E-state index in [1.165, 1.54) is 43.1 Å². The lowest BCUT2D eigenvalue weighted by Crippen LogP contribution is -2.21. The highest BCUT2D eigenvalue weighted by atomic mass is 32.2. The van der Waals surface area contributed by atoms with E-state index in [4.69, 9.17) is 18.0 Å². The monoisotopic (exact) mass is 368 g/mol. The smallest absolute Gasteiger partial charge is 0.279 e. The molecule has 1 aliphatic carbocycles. The normalized spacial score (nSPS) is 22.4. The van der Waals surface area contributed by atoms with E-state index in [9.17, 15) is 4.79 Å². The molecule has 1 aromatic rings. The van der Waals surface area contributed by atoms with Crippen molar-refractivity contribution in [1.82, 2.24) is 9.55 Å². The number of aromatic nitrogens is 2. The van der Waals surface area contributed by atoms with Gasteiger partial charge in [-0.05, 0) is 43.2 Å². The quantitative estimate of drug-likeness (QED) is 0.357. The van der Waals surface area contributed by atoms with E-state index in [0.717, 1.165) is 22.6 Å². The maximum Gasteiger partial charge on any atom is 0.279 e. The molecule has 0 saturated heterocycles. The van der Waals surface area contributed by atoms with Crippen LogP contribution in [0.4, 0.5) is 11.5 Å². The van der Waals surface area contributed by atoms with Crippen LogP contribution in [0, 0.1) is 16.6 Å². The fourth-order valence-electron chi connectivity index (χ4n) is 3.26. The van der Waals surface area contributed by atoms with Gasteiger partial charge in [-0.2, -0.15) is 0 Å². The van der Waals surface area contributed by atoms with E-state index < -0.39 is 0 Å². The summed E-state index contributed by atoms with van der Waals surface area (Å²) >= 11 is 6.85. The minimum Gasteiger partial charge on any atom is -0.391 e. The molecule has 0 amide bonds. The summed E-state index contributed by atoms with van der Waals surface area (Å²) in [6.07, 6.45) is 8.08. The van der Waals surface area contributed by atoms with Crippen LogP contribution in [0.3, 0.4) is 0 Å². The average Bonchev–Trinajstić information content (AvgIpc) is 2.75. The molecule has 1 heterocycles. The Morgan fingerprint density at radius 1 is 1.42 bits per heavy atom. The number of nitrogen functional groups attached to an aromatic ring is 1. The SMILES string of the molecule is C/C(=N\c1[nH]c(=S)n(C)c(=O)c1N)SCCC1CCCCCC1C. The maximum absolute atomic E-state index is 12.0. The number of hydrogen-bond donors (Lipinski definition) is 2. The van der Waals surface area contributed by atoms with Gasteiger partial charge in [-0.3, -0.25) is 9.36 Å². The lowest BCUT2D eigenvalue weighted by atomic mass is 9.88. The second-order valence-corrected chi connectivity index (χ2v) is 8.37. The minimum absolute atomic E-state index is 0.114. The van der Waals surface area contributed by atoms with Crippen molar-refractivity contribution in [2.45, 2.75) is 52.4 Å². The Morgan fingerprint density at radius 2 is 2.12 bits per heavy atom. The fourth-order valence-corrected chi connectivity index (χ4v) is 4.31. The molecule has 0 spiro atoms. The summed E-state index contributed by atoms with van der Waals surface area (Å²) in [4.78, 5) is 19.3. The Hall–Kier alpha value is -1.08. The van der Waals surface area contributed by atoms with Crippen molar-refractivity contribution in [2.75, 3.05) is 11.5 Å². The predicted octanol–water partition coefficient (Wildman–Crippen LogP) is 4.41. The predicted molar refractivity (Wildman–Crippen MR) is 107 cm³/mol. The van der Waals surface area contributed by atoms with Crippen LogP contribution in [0.5, 0.6) is 0 Å². The van der Waals surface area contributed by atoms with Gasteiger partial charge in [0.05, 0.1) is 5.04 Å². The third-order valence-corrected chi connectivity index (χ3v) is 6.25. The first-order valence-corrected chi connectivity index (χ1v) is 10.1. The molecule has 0 aromatic carbocycles. The standard InChI is InChI=1S/C17H28N4OS2/c1-11-7-5-4-6-8-13(11)9-10-24-12(2)19-15-14(18)16(22)21(3)17(23)20-15/h11,13H,4-10,18H2,1-3H3,(H,20,23)/b19-12+. The van der Waals surface area contributed by atoms with Crippen molar-refractivity contribution in [3.05, 3.63) is 15.1 Å². The number of aliphatic imine (C=N–C) groups is 1. The van der Waals surface area contributed by atoms with Gasteiger partial charge < -0.3 is 10.7 Å². The molecular formula is C17H28N4OS2. The number of nitrogens with zero attached hydrogens (tertiary/aromatic N) is 2. The van der Waals surface area contributed by atoms with Crippen molar-refractivity contribution in [1.29, 1.82) is 0 Å². The van der Waals surface area contributed by atoms with Crippen LogP contribution >= 0.6 is 24.0 Å². The zero-order valence-corrected chi connectivity index (χ0v) is 16.4. The second-order valence-electron chi connectivity index (χ2n) is 6.70. The van der Waals surface area contributed by atoms with Gasteiger partial charge in [0, 0.05) is 7.05 Å². The second kappa shape index (κ2) is 8.85. The number of rotatable bonds is 4. The Labute approximate surface area is 153 Å². The summed E-state index contributed by atoms with van der Waals surface area (Å²) in [5, 5.41) is 0.905. The van der Waals surface area contributed by atoms with Gasteiger partial charge in [-0.15, -0.1) is 11.8 Å². The first-order valence-electron chi connectivity index (χ1n) is 8.67. The van der Waals surface area contributed by atoms with Gasteiger partial charge in [-0.1, -0.05) is 39.0 Å². The van der Waals surface area contributed by atoms with E-state index in [1.54, 1.807) is 18.8 Å². The molecule has 5 nitrogen and oxygen atoms in total. The molecule has 7 heteroatoms. The first kappa shape index (κ1) is 19.2. The molecule has 2 unspecified atom stereocenters. The Bertz CT molecular complexity index is 708. The summed E-state index contributed by atoms with van der Waals surface area (Å²) in [7, 11) is 1.60. The third-order valence-electron chi connectivity index (χ3n) is 4.93. The molecule has 3 N–H and O–H groups in total. The van der Waals surface area contributed by atoms with Gasteiger partial charge in [0.15, 0.2) is 10.6 Å². The number of aromatic amines is 1. The number of hydrogen-bond acceptors (Lipinski definition) is 5. The molecule has 24 heavy (non-hydrogen) atoms. The minimum atomic E-state index is -0.303. The lowest BCUT2D eigenvalue weighted by Gasteiger charge is -2.20. The lowest BCUT2D eigenvalue weighted by molar-refractivity contribution is 0.331. The average molecular weight is 369 g/mol. The largest absolute Gasteiger partial charge is 0.391 e. The fraction of sp³-hybridized carbons (Fsp3) is 0.706. The van der Waals surface area contributed by atoms with Crippen LogP contribution in [0.2, 0.25) is 0 Å². The van der Waals surface area contributed by atoms with Crippen LogP contribution < -0.4 is 11.3 Å². The molecule has 0 bridgehead atoms. The van der Waals surface area contributed by atoms with Gasteiger partial charge in [0.25, 0.3) is 5.56 Å². The third kappa shape index (κ3) is 4.96. The van der Waals surface area contributed by atoms with Gasteiger partial charge in [0.1, 0.15) is 5.69 Å². The molecule has 1 aliphatic rings. The van der Waals surface area contributed by atoms with Crippen LogP contribution in [0.1, 0.15) is 52.4 Å². The zero-order chi connectivity index (χ0) is 17.7. The molecule has 1 saturated carbocycles. The highest BCUT2D eigenvalue weighted by Crippen LogP contribution is 2.31. The Balaban J connectivity index is 1.97. The first-order chi connectivity index (χ1) is 11.4. The maximum atomic E-state index is 12.0. The molecular weight excluding hydrogens is 340 g/mol. The number of H-pyrrole nitrogens is 1. The van der Waals surface area contributed by atoms with E-state index in [2.05, 4.69) is 16.9 Å².